The summed E-state index contributed by atoms with van der Waals surface area (Å²) in [6.07, 6.45) is 0.565. The lowest BCUT2D eigenvalue weighted by Gasteiger charge is -2.49. The molecular weight excluding hydrogens is 872 g/mol. The fourth-order valence-electron chi connectivity index (χ4n) is 9.22. The molecule has 5 atom stereocenters. The Morgan fingerprint density at radius 2 is 1.57 bits per heavy atom. The largest absolute Gasteiger partial charge is 0.508 e. The maximum Gasteiger partial charge on any atom is 0.424 e. The Labute approximate surface area is 392 Å². The van der Waals surface area contributed by atoms with Crippen LogP contribution in [0.1, 0.15) is 151 Å². The first kappa shape index (κ1) is 52.6. The van der Waals surface area contributed by atoms with Crippen LogP contribution in [0, 0.1) is 17.7 Å². The van der Waals surface area contributed by atoms with E-state index in [-0.39, 0.29) is 61.9 Å². The number of carbonyl (C=O) groups excluding carboxylic acids is 4. The number of rotatable bonds is 19. The van der Waals surface area contributed by atoms with E-state index in [9.17, 15) is 34.5 Å². The Kier molecular flexibility index (Phi) is 16.4. The second kappa shape index (κ2) is 20.9. The second-order valence-corrected chi connectivity index (χ2v) is 19.5. The molecule has 2 aromatic rings. The van der Waals surface area contributed by atoms with Gasteiger partial charge >= 0.3 is 18.2 Å². The fourth-order valence-corrected chi connectivity index (χ4v) is 9.22. The number of halogens is 1. The van der Waals surface area contributed by atoms with Gasteiger partial charge in [0, 0.05) is 35.6 Å². The molecule has 1 unspecified atom stereocenters. The fraction of sp³-hybridized carbons (Fsp3) is 0.633. The highest BCUT2D eigenvalue weighted by atomic mass is 19.1. The number of imide groups is 1. The molecule has 0 saturated heterocycles. The number of anilines is 1. The SMILES string of the molecule is C=CCN(CCC)C(Cc1c(F)c2c(c(OCCCC)c1N(C(=O)OC(C)(C)C)C(=O)OC(C)(C)C)C(=O)C1=C(O)[C@]3(O)C(=O)c4c(OCCCC)noc4[C@@H](N(C)CC)[C@@H]3C[C@@H]1C2)C(=O)O. The van der Waals surface area contributed by atoms with Crippen molar-refractivity contribution in [3.8, 4) is 11.6 Å². The van der Waals surface area contributed by atoms with Crippen LogP contribution in [0.15, 0.2) is 28.5 Å². The van der Waals surface area contributed by atoms with Crippen molar-refractivity contribution >= 4 is 35.4 Å². The molecule has 17 nitrogen and oxygen atoms in total. The number of amides is 2. The normalized spacial score (nSPS) is 20.7. The van der Waals surface area contributed by atoms with Gasteiger partial charge in [0.2, 0.25) is 5.78 Å². The van der Waals surface area contributed by atoms with Crippen molar-refractivity contribution in [3.05, 3.63) is 57.8 Å². The molecule has 2 amide bonds. The molecule has 370 valence electrons. The number of aliphatic hydroxyl groups excluding tert-OH is 1. The number of ketones is 2. The lowest BCUT2D eigenvalue weighted by atomic mass is 9.58. The molecule has 0 bridgehead atoms. The van der Waals surface area contributed by atoms with E-state index in [1.807, 2.05) is 32.6 Å². The van der Waals surface area contributed by atoms with Crippen LogP contribution in [0.4, 0.5) is 19.7 Å². The van der Waals surface area contributed by atoms with Crippen molar-refractivity contribution in [3.63, 3.8) is 0 Å². The van der Waals surface area contributed by atoms with Crippen molar-refractivity contribution < 1.29 is 67.2 Å². The first-order valence-corrected chi connectivity index (χ1v) is 23.3. The number of Topliss-reactive ketones (excluding diaryl/α,β-unsaturated/α-hetero) is 2. The lowest BCUT2D eigenvalue weighted by Crippen LogP contribution is -2.59. The van der Waals surface area contributed by atoms with Gasteiger partial charge in [-0.15, -0.1) is 6.58 Å². The number of carboxylic acids is 1. The molecule has 3 N–H and O–H groups in total. The highest BCUT2D eigenvalue weighted by Gasteiger charge is 2.64. The molecule has 0 spiro atoms. The minimum atomic E-state index is -2.72. The van der Waals surface area contributed by atoms with Gasteiger partial charge in [-0.2, -0.15) is 4.90 Å². The summed E-state index contributed by atoms with van der Waals surface area (Å²) in [6.45, 7) is 21.3. The van der Waals surface area contributed by atoms with Gasteiger partial charge in [-0.3, -0.25) is 24.2 Å². The van der Waals surface area contributed by atoms with Crippen LogP contribution in [0.2, 0.25) is 0 Å². The molecule has 0 aliphatic heterocycles. The number of hydrogen-bond acceptors (Lipinski definition) is 15. The minimum Gasteiger partial charge on any atom is -0.508 e. The first-order valence-electron chi connectivity index (χ1n) is 23.3. The number of fused-ring (bicyclic) bond motifs is 4. The van der Waals surface area contributed by atoms with Crippen LogP contribution >= 0.6 is 0 Å². The number of carboxylic acid groups (broad SMARTS) is 1. The van der Waals surface area contributed by atoms with E-state index in [2.05, 4.69) is 11.7 Å². The zero-order valence-electron chi connectivity index (χ0n) is 40.9. The molecule has 67 heavy (non-hydrogen) atoms. The highest BCUT2D eigenvalue weighted by molar-refractivity contribution is 6.19. The number of benzene rings is 1. The third kappa shape index (κ3) is 10.4. The second-order valence-electron chi connectivity index (χ2n) is 19.5. The van der Waals surface area contributed by atoms with E-state index < -0.39 is 117 Å². The molecule has 18 heteroatoms. The van der Waals surface area contributed by atoms with Gasteiger partial charge in [-0.05, 0) is 105 Å². The van der Waals surface area contributed by atoms with Crippen molar-refractivity contribution in [2.24, 2.45) is 11.8 Å². The first-order chi connectivity index (χ1) is 31.4. The summed E-state index contributed by atoms with van der Waals surface area (Å²) in [5, 5.41) is 40.1. The Balaban J connectivity index is 1.89. The summed E-state index contributed by atoms with van der Waals surface area (Å²) in [7, 11) is 1.74. The Bertz CT molecular complexity index is 2230. The summed E-state index contributed by atoms with van der Waals surface area (Å²) in [5.74, 6) is -8.15. The third-order valence-corrected chi connectivity index (χ3v) is 12.3. The molecule has 0 saturated carbocycles. The van der Waals surface area contributed by atoms with Gasteiger partial charge in [0.1, 0.15) is 40.1 Å². The Hall–Kier alpha value is -5.33. The van der Waals surface area contributed by atoms with Gasteiger partial charge < -0.3 is 38.8 Å². The van der Waals surface area contributed by atoms with E-state index in [1.165, 1.54) is 6.08 Å². The van der Waals surface area contributed by atoms with Crippen molar-refractivity contribution in [1.29, 1.82) is 0 Å². The topological polar surface area (TPSA) is 219 Å². The van der Waals surface area contributed by atoms with Gasteiger partial charge in [0.15, 0.2) is 22.9 Å². The van der Waals surface area contributed by atoms with Crippen LogP contribution in [0.3, 0.4) is 0 Å². The summed E-state index contributed by atoms with van der Waals surface area (Å²) in [6, 6.07) is -2.34. The molecule has 3 aliphatic rings. The van der Waals surface area contributed by atoms with Gasteiger partial charge in [-0.1, -0.05) is 46.6 Å². The summed E-state index contributed by atoms with van der Waals surface area (Å²) >= 11 is 0. The number of aliphatic carboxylic acids is 1. The van der Waals surface area contributed by atoms with Crippen LogP contribution < -0.4 is 14.4 Å². The van der Waals surface area contributed by atoms with Crippen LogP contribution in [0.5, 0.6) is 11.6 Å². The predicted octanol–water partition coefficient (Wildman–Crippen LogP) is 8.55. The van der Waals surface area contributed by atoms with E-state index >= 15 is 9.18 Å². The molecule has 1 heterocycles. The smallest absolute Gasteiger partial charge is 0.424 e. The van der Waals surface area contributed by atoms with Gasteiger partial charge in [0.25, 0.3) is 5.88 Å². The van der Waals surface area contributed by atoms with Gasteiger partial charge in [-0.25, -0.2) is 14.0 Å². The van der Waals surface area contributed by atoms with Gasteiger partial charge in [0.05, 0.1) is 24.8 Å². The number of aliphatic hydroxyl groups is 2. The number of aromatic nitrogens is 1. The van der Waals surface area contributed by atoms with Crippen molar-refractivity contribution in [2.75, 3.05) is 44.8 Å². The maximum atomic E-state index is 18.3. The summed E-state index contributed by atoms with van der Waals surface area (Å²) < 4.78 is 47.8. The molecule has 3 aliphatic carbocycles. The molecule has 5 rings (SSSR count). The number of hydrogen-bond donors (Lipinski definition) is 3. The average Bonchev–Trinajstić information content (AvgIpc) is 3.65. The average molecular weight is 941 g/mol. The quantitative estimate of drug-likeness (QED) is 0.0887. The molecule has 0 radical (unpaired) electrons. The zero-order valence-corrected chi connectivity index (χ0v) is 40.9. The number of nitrogens with zero attached hydrogens (tertiary/aromatic N) is 4. The maximum absolute atomic E-state index is 18.3. The van der Waals surface area contributed by atoms with E-state index in [4.69, 9.17) is 23.5 Å². The zero-order chi connectivity index (χ0) is 49.9. The van der Waals surface area contributed by atoms with Crippen LogP contribution in [0.25, 0.3) is 0 Å². The number of unbranched alkanes of at least 4 members (excludes halogenated alkanes) is 2. The predicted molar refractivity (Wildman–Crippen MR) is 245 cm³/mol. The summed E-state index contributed by atoms with van der Waals surface area (Å²) in [4.78, 5) is 76.3. The third-order valence-electron chi connectivity index (χ3n) is 12.3. The van der Waals surface area contributed by atoms with Crippen molar-refractivity contribution in [1.82, 2.24) is 15.0 Å². The highest BCUT2D eigenvalue weighted by Crippen LogP contribution is 2.58. The van der Waals surface area contributed by atoms with Crippen molar-refractivity contribution in [2.45, 2.75) is 149 Å². The lowest BCUT2D eigenvalue weighted by molar-refractivity contribution is -0.143. The Morgan fingerprint density at radius 1 is 0.970 bits per heavy atom. The van der Waals surface area contributed by atoms with E-state index in [0.717, 1.165) is 6.42 Å². The van der Waals surface area contributed by atoms with E-state index in [0.29, 0.717) is 37.1 Å². The van der Waals surface area contributed by atoms with Crippen LogP contribution in [-0.4, -0.2) is 123 Å². The minimum absolute atomic E-state index is 0.0814. The molecule has 1 aromatic carbocycles. The number of allylic oxidation sites excluding steroid dienone is 1. The van der Waals surface area contributed by atoms with Crippen LogP contribution in [-0.2, 0) is 27.1 Å². The standard InChI is InChI=1S/C49H69FN4O13/c1-13-18-22-63-39-33-28(24-27-25-30-37(52(12)17-5)40-34(43(51-67-40)64-23-19-14-2)42(57)49(30,62)41(56)32(27)38(33)55)35(50)29(26-31(44(58)59)53(20-15-3)21-16-4)36(39)54(45(60)65-47(6,7)8)46(61)66-48(9,10)11/h15,27,30-31,37,56,62H,3,13-14,16-26H2,1-2,4-12H3,(H,58,59)/t27-,30-,31?,37-,49-/m0/s1. The number of carbonyl (C=O) groups is 5. The number of ether oxygens (including phenoxy) is 4. The molecule has 0 fully saturated rings. The molecular formula is C49H69FN4O13. The van der Waals surface area contributed by atoms with E-state index in [1.54, 1.807) is 53.5 Å². The monoisotopic (exact) mass is 940 g/mol. The summed E-state index contributed by atoms with van der Waals surface area (Å²) in [5.41, 5.74) is -7.58. The molecule has 1 aromatic heterocycles. The Morgan fingerprint density at radius 3 is 2.09 bits per heavy atom.